The van der Waals surface area contributed by atoms with Gasteiger partial charge in [0.05, 0.1) is 4.90 Å². The van der Waals surface area contributed by atoms with E-state index in [0.29, 0.717) is 5.56 Å². The molecule has 138 valence electrons. The first kappa shape index (κ1) is 18.6. The summed E-state index contributed by atoms with van der Waals surface area (Å²) < 4.78 is 27.7. The molecule has 3 N–H and O–H groups in total. The minimum absolute atomic E-state index is 0.0818. The van der Waals surface area contributed by atoms with Crippen LogP contribution in [0.2, 0.25) is 0 Å². The lowest BCUT2D eigenvalue weighted by Gasteiger charge is -2.14. The second-order valence-corrected chi connectivity index (χ2v) is 8.22. The van der Waals surface area contributed by atoms with Gasteiger partial charge in [-0.05, 0) is 43.1 Å². The Balaban J connectivity index is 1.75. The molecular weight excluding hydrogens is 350 g/mol. The summed E-state index contributed by atoms with van der Waals surface area (Å²) in [5.41, 5.74) is 2.00. The SMILES string of the molecule is Cc1ccc(S(=O)(=O)NCc2ccccc2)cc1C(=O)NC1CCNC1. The monoisotopic (exact) mass is 373 g/mol. The maximum Gasteiger partial charge on any atom is 0.251 e. The van der Waals surface area contributed by atoms with Crippen LogP contribution in [0.3, 0.4) is 0 Å². The first-order valence-corrected chi connectivity index (χ1v) is 10.1. The van der Waals surface area contributed by atoms with Crippen molar-refractivity contribution < 1.29 is 13.2 Å². The van der Waals surface area contributed by atoms with Gasteiger partial charge in [0.1, 0.15) is 0 Å². The van der Waals surface area contributed by atoms with E-state index in [1.807, 2.05) is 30.3 Å². The van der Waals surface area contributed by atoms with Gasteiger partial charge in [-0.15, -0.1) is 0 Å². The standard InChI is InChI=1S/C19H23N3O3S/c1-14-7-8-17(11-18(14)19(23)22-16-9-10-20-13-16)26(24,25)21-12-15-5-3-2-4-6-15/h2-8,11,16,20-21H,9-10,12-13H2,1H3,(H,22,23). The maximum atomic E-state index is 12.6. The molecule has 1 heterocycles. The van der Waals surface area contributed by atoms with Crippen LogP contribution in [0.25, 0.3) is 0 Å². The maximum absolute atomic E-state index is 12.6. The quantitative estimate of drug-likeness (QED) is 0.717. The summed E-state index contributed by atoms with van der Waals surface area (Å²) in [7, 11) is -3.70. The summed E-state index contributed by atoms with van der Waals surface area (Å²) in [5.74, 6) is -0.240. The van der Waals surface area contributed by atoms with E-state index in [1.165, 1.54) is 12.1 Å². The molecular formula is C19H23N3O3S. The molecule has 26 heavy (non-hydrogen) atoms. The Morgan fingerprint density at radius 3 is 2.65 bits per heavy atom. The minimum atomic E-state index is -3.70. The number of sulfonamides is 1. The molecule has 0 radical (unpaired) electrons. The second kappa shape index (κ2) is 7.99. The van der Waals surface area contributed by atoms with Crippen molar-refractivity contribution in [2.24, 2.45) is 0 Å². The third-order valence-electron chi connectivity index (χ3n) is 4.47. The summed E-state index contributed by atoms with van der Waals surface area (Å²) in [4.78, 5) is 12.6. The Morgan fingerprint density at radius 1 is 1.19 bits per heavy atom. The van der Waals surface area contributed by atoms with E-state index in [0.717, 1.165) is 30.6 Å². The molecule has 7 heteroatoms. The molecule has 0 spiro atoms. The van der Waals surface area contributed by atoms with Gasteiger partial charge in [0.15, 0.2) is 0 Å². The van der Waals surface area contributed by atoms with Gasteiger partial charge < -0.3 is 10.6 Å². The Bertz CT molecular complexity index is 876. The predicted molar refractivity (Wildman–Crippen MR) is 100 cm³/mol. The third kappa shape index (κ3) is 4.49. The van der Waals surface area contributed by atoms with Gasteiger partial charge in [0.25, 0.3) is 5.91 Å². The molecule has 1 amide bonds. The molecule has 1 atom stereocenters. The number of rotatable bonds is 6. The average molecular weight is 373 g/mol. The van der Waals surface area contributed by atoms with Crippen molar-refractivity contribution in [3.63, 3.8) is 0 Å². The van der Waals surface area contributed by atoms with E-state index in [4.69, 9.17) is 0 Å². The number of hydrogen-bond donors (Lipinski definition) is 3. The van der Waals surface area contributed by atoms with Gasteiger partial charge in [0, 0.05) is 24.7 Å². The second-order valence-electron chi connectivity index (χ2n) is 6.45. The van der Waals surface area contributed by atoms with Crippen molar-refractivity contribution in [2.75, 3.05) is 13.1 Å². The van der Waals surface area contributed by atoms with Crippen LogP contribution in [0.5, 0.6) is 0 Å². The first-order chi connectivity index (χ1) is 12.5. The number of carbonyl (C=O) groups excluding carboxylic acids is 1. The molecule has 1 aliphatic heterocycles. The number of amides is 1. The summed E-state index contributed by atoms with van der Waals surface area (Å²) >= 11 is 0. The van der Waals surface area contributed by atoms with Crippen LogP contribution in [0.4, 0.5) is 0 Å². The van der Waals surface area contributed by atoms with Crippen molar-refractivity contribution in [1.82, 2.24) is 15.4 Å². The highest BCUT2D eigenvalue weighted by molar-refractivity contribution is 7.89. The lowest BCUT2D eigenvalue weighted by molar-refractivity contribution is 0.0939. The summed E-state index contributed by atoms with van der Waals surface area (Å²) in [6.07, 6.45) is 0.876. The normalized spacial score (nSPS) is 17.2. The Kier molecular flexibility index (Phi) is 5.70. The number of nitrogens with one attached hydrogen (secondary N) is 3. The van der Waals surface area contributed by atoms with Gasteiger partial charge in [-0.25, -0.2) is 13.1 Å². The van der Waals surface area contributed by atoms with E-state index in [9.17, 15) is 13.2 Å². The van der Waals surface area contributed by atoms with Gasteiger partial charge in [0.2, 0.25) is 10.0 Å². The van der Waals surface area contributed by atoms with Gasteiger partial charge in [-0.3, -0.25) is 4.79 Å². The number of carbonyl (C=O) groups is 1. The average Bonchev–Trinajstić information content (AvgIpc) is 3.14. The fourth-order valence-corrected chi connectivity index (χ4v) is 3.95. The van der Waals surface area contributed by atoms with Crippen LogP contribution < -0.4 is 15.4 Å². The first-order valence-electron chi connectivity index (χ1n) is 8.61. The van der Waals surface area contributed by atoms with Crippen LogP contribution in [0.1, 0.15) is 27.9 Å². The summed E-state index contributed by atoms with van der Waals surface area (Å²) in [6, 6.07) is 14.0. The van der Waals surface area contributed by atoms with Crippen molar-refractivity contribution in [3.8, 4) is 0 Å². The number of hydrogen-bond acceptors (Lipinski definition) is 4. The number of benzene rings is 2. The van der Waals surface area contributed by atoms with E-state index < -0.39 is 10.0 Å². The third-order valence-corrected chi connectivity index (χ3v) is 5.87. The lowest BCUT2D eigenvalue weighted by Crippen LogP contribution is -2.36. The highest BCUT2D eigenvalue weighted by Gasteiger charge is 2.21. The molecule has 1 aliphatic rings. The smallest absolute Gasteiger partial charge is 0.251 e. The van der Waals surface area contributed by atoms with Crippen molar-refractivity contribution in [1.29, 1.82) is 0 Å². The van der Waals surface area contributed by atoms with Crippen LogP contribution in [-0.4, -0.2) is 33.5 Å². The molecule has 0 bridgehead atoms. The van der Waals surface area contributed by atoms with Crippen LogP contribution >= 0.6 is 0 Å². The van der Waals surface area contributed by atoms with Crippen LogP contribution in [-0.2, 0) is 16.6 Å². The zero-order valence-corrected chi connectivity index (χ0v) is 15.5. The molecule has 2 aromatic rings. The van der Waals surface area contributed by atoms with E-state index in [1.54, 1.807) is 13.0 Å². The number of aryl methyl sites for hydroxylation is 1. The van der Waals surface area contributed by atoms with E-state index in [2.05, 4.69) is 15.4 Å². The Labute approximate surface area is 154 Å². The Morgan fingerprint density at radius 2 is 1.96 bits per heavy atom. The van der Waals surface area contributed by atoms with Crippen LogP contribution in [0, 0.1) is 6.92 Å². The highest BCUT2D eigenvalue weighted by Crippen LogP contribution is 2.17. The lowest BCUT2D eigenvalue weighted by atomic mass is 10.1. The van der Waals surface area contributed by atoms with Crippen molar-refractivity contribution >= 4 is 15.9 Å². The molecule has 0 saturated carbocycles. The topological polar surface area (TPSA) is 87.3 Å². The molecule has 0 aliphatic carbocycles. The summed E-state index contributed by atoms with van der Waals surface area (Å²) in [6.45, 7) is 3.62. The van der Waals surface area contributed by atoms with Crippen molar-refractivity contribution in [2.45, 2.75) is 30.8 Å². The van der Waals surface area contributed by atoms with Crippen LogP contribution in [0.15, 0.2) is 53.4 Å². The fraction of sp³-hybridized carbons (Fsp3) is 0.316. The molecule has 3 rings (SSSR count). The molecule has 6 nitrogen and oxygen atoms in total. The molecule has 2 aromatic carbocycles. The van der Waals surface area contributed by atoms with Gasteiger partial charge in [-0.1, -0.05) is 36.4 Å². The zero-order valence-electron chi connectivity index (χ0n) is 14.7. The zero-order chi connectivity index (χ0) is 18.6. The predicted octanol–water partition coefficient (Wildman–Crippen LogP) is 1.57. The molecule has 0 aromatic heterocycles. The molecule has 1 saturated heterocycles. The van der Waals surface area contributed by atoms with E-state index >= 15 is 0 Å². The van der Waals surface area contributed by atoms with Crippen molar-refractivity contribution in [3.05, 3.63) is 65.2 Å². The molecule has 1 unspecified atom stereocenters. The summed E-state index contributed by atoms with van der Waals surface area (Å²) in [5, 5.41) is 6.15. The van der Waals surface area contributed by atoms with Gasteiger partial charge >= 0.3 is 0 Å². The van der Waals surface area contributed by atoms with E-state index in [-0.39, 0.29) is 23.4 Å². The highest BCUT2D eigenvalue weighted by atomic mass is 32.2. The minimum Gasteiger partial charge on any atom is -0.348 e. The Hall–Kier alpha value is -2.22. The molecule has 1 fully saturated rings. The van der Waals surface area contributed by atoms with Gasteiger partial charge in [-0.2, -0.15) is 0 Å². The fourth-order valence-electron chi connectivity index (χ4n) is 2.91. The largest absolute Gasteiger partial charge is 0.348 e.